The van der Waals surface area contributed by atoms with Crippen molar-refractivity contribution in [3.05, 3.63) is 64.5 Å². The van der Waals surface area contributed by atoms with Crippen molar-refractivity contribution in [2.45, 2.75) is 65.6 Å². The Balaban J connectivity index is 1.20. The largest absolute Gasteiger partial charge is 0.497 e. The van der Waals surface area contributed by atoms with Gasteiger partial charge >= 0.3 is 5.97 Å². The van der Waals surface area contributed by atoms with E-state index >= 15 is 0 Å². The molecule has 0 amide bonds. The van der Waals surface area contributed by atoms with E-state index in [0.29, 0.717) is 71.4 Å². The molecule has 3 aromatic rings. The molecule has 2 aromatic carbocycles. The number of carbonyl (C=O) groups is 1. The molecule has 4 aliphatic rings. The van der Waals surface area contributed by atoms with Gasteiger partial charge in [-0.05, 0) is 72.3 Å². The van der Waals surface area contributed by atoms with Crippen LogP contribution < -0.4 is 15.6 Å². The Morgan fingerprint density at radius 1 is 1.19 bits per heavy atom. The summed E-state index contributed by atoms with van der Waals surface area (Å²) in [6, 6.07) is 10.4. The summed E-state index contributed by atoms with van der Waals surface area (Å²) < 4.78 is 26.4. The topological polar surface area (TPSA) is 98.0 Å². The van der Waals surface area contributed by atoms with Gasteiger partial charge in [0.05, 0.1) is 43.5 Å². The van der Waals surface area contributed by atoms with Gasteiger partial charge in [-0.1, -0.05) is 26.8 Å². The van der Waals surface area contributed by atoms with Crippen molar-refractivity contribution in [2.24, 2.45) is 28.2 Å². The second-order valence-corrected chi connectivity index (χ2v) is 12.9. The number of aromatic nitrogens is 2. The van der Waals surface area contributed by atoms with E-state index in [4.69, 9.17) is 14.5 Å². The van der Waals surface area contributed by atoms with Crippen LogP contribution in [0.5, 0.6) is 5.75 Å². The van der Waals surface area contributed by atoms with Gasteiger partial charge in [-0.2, -0.15) is 0 Å². The lowest BCUT2D eigenvalue weighted by atomic mass is 9.45. The lowest BCUT2D eigenvalue weighted by Gasteiger charge is -2.61. The summed E-state index contributed by atoms with van der Waals surface area (Å²) in [7, 11) is 1.50. The van der Waals surface area contributed by atoms with Gasteiger partial charge in [0.25, 0.3) is 5.56 Å². The molecule has 0 unspecified atom stereocenters. The van der Waals surface area contributed by atoms with E-state index in [9.17, 15) is 14.0 Å². The molecular formula is C33H40FN5O4. The number of carbonyl (C=O) groups excluding carboxylic acids is 1. The van der Waals surface area contributed by atoms with Crippen LogP contribution >= 0.6 is 0 Å². The van der Waals surface area contributed by atoms with Gasteiger partial charge in [0, 0.05) is 25.2 Å². The van der Waals surface area contributed by atoms with Gasteiger partial charge in [0.15, 0.2) is 5.96 Å². The van der Waals surface area contributed by atoms with E-state index < -0.39 is 0 Å². The van der Waals surface area contributed by atoms with Gasteiger partial charge < -0.3 is 19.7 Å². The van der Waals surface area contributed by atoms with E-state index in [1.165, 1.54) is 37.4 Å². The molecule has 3 aliphatic carbocycles. The number of likely N-dealkylation sites (tertiary alicyclic amines) is 1. The molecule has 4 fully saturated rings. The molecule has 7 rings (SSSR count). The van der Waals surface area contributed by atoms with Gasteiger partial charge in [0.2, 0.25) is 0 Å². The van der Waals surface area contributed by atoms with Crippen molar-refractivity contribution in [1.29, 1.82) is 0 Å². The maximum absolute atomic E-state index is 14.4. The Bertz CT molecular complexity index is 1630. The minimum atomic E-state index is -0.362. The van der Waals surface area contributed by atoms with E-state index in [0.717, 1.165) is 18.1 Å². The summed E-state index contributed by atoms with van der Waals surface area (Å²) in [6.45, 7) is 9.98. The van der Waals surface area contributed by atoms with Crippen LogP contribution in [0.1, 0.15) is 46.1 Å². The molecule has 1 saturated heterocycles. The number of aliphatic imine (C=N–C) groups is 1. The first-order valence-corrected chi connectivity index (χ1v) is 15.1. The number of nitrogens with zero attached hydrogens (tertiary/aromatic N) is 4. The van der Waals surface area contributed by atoms with E-state index in [1.807, 2.05) is 12.1 Å². The molecular weight excluding hydrogens is 549 g/mol. The molecule has 0 spiro atoms. The standard InChI is InChI=1S/C33H40FN5O4/c1-19-27-12-22(33(27,3)4)13-29(19)37-32(39-16-25(17-39)43-20(2)40)36-23-7-9-26-30(14-23)35-18-38(31(26)41)11-10-21-6-8-24(42-5)15-28(21)34/h6-9,14-15,18-19,22,25,27,29H,10-13,16-17H2,1-5H3,(H,36,37)/t19-,22-,27-,29+/m1/s1. The van der Waals surface area contributed by atoms with Crippen LogP contribution in [0.3, 0.4) is 0 Å². The maximum atomic E-state index is 14.4. The predicted molar refractivity (Wildman–Crippen MR) is 164 cm³/mol. The number of rotatable bonds is 7. The Labute approximate surface area is 251 Å². The average Bonchev–Trinajstić information content (AvgIpc) is 2.95. The second kappa shape index (κ2) is 11.3. The molecule has 228 valence electrons. The maximum Gasteiger partial charge on any atom is 0.303 e. The minimum absolute atomic E-state index is 0.149. The minimum Gasteiger partial charge on any atom is -0.497 e. The number of halogens is 1. The monoisotopic (exact) mass is 589 g/mol. The molecule has 10 heteroatoms. The average molecular weight is 590 g/mol. The van der Waals surface area contributed by atoms with Crippen LogP contribution in [0, 0.1) is 29.0 Å². The third-order valence-corrected chi connectivity index (χ3v) is 10.0. The molecule has 1 aromatic heterocycles. The number of guanidine groups is 1. The van der Waals surface area contributed by atoms with Crippen molar-refractivity contribution >= 4 is 28.5 Å². The van der Waals surface area contributed by atoms with Crippen molar-refractivity contribution in [3.8, 4) is 5.75 Å². The van der Waals surface area contributed by atoms with Gasteiger partial charge in [-0.25, -0.2) is 14.4 Å². The van der Waals surface area contributed by atoms with Crippen LogP contribution in [0.4, 0.5) is 10.1 Å². The molecule has 1 N–H and O–H groups in total. The zero-order valence-electron chi connectivity index (χ0n) is 25.5. The summed E-state index contributed by atoms with van der Waals surface area (Å²) in [5.74, 6) is 2.40. The highest BCUT2D eigenvalue weighted by Crippen LogP contribution is 2.61. The van der Waals surface area contributed by atoms with E-state index in [2.05, 4.69) is 36.0 Å². The van der Waals surface area contributed by atoms with Gasteiger partial charge in [-0.15, -0.1) is 0 Å². The van der Waals surface area contributed by atoms with E-state index in [1.54, 1.807) is 18.2 Å². The van der Waals surface area contributed by atoms with Crippen LogP contribution in [-0.4, -0.2) is 58.7 Å². The highest BCUT2D eigenvalue weighted by Gasteiger charge is 2.56. The smallest absolute Gasteiger partial charge is 0.303 e. The highest BCUT2D eigenvalue weighted by molar-refractivity contribution is 5.96. The molecule has 0 radical (unpaired) electrons. The molecule has 43 heavy (non-hydrogen) atoms. The number of fused-ring (bicyclic) bond motifs is 3. The highest BCUT2D eigenvalue weighted by atomic mass is 19.1. The second-order valence-electron chi connectivity index (χ2n) is 12.9. The number of ether oxygens (including phenoxy) is 2. The molecule has 2 heterocycles. The van der Waals surface area contributed by atoms with Crippen molar-refractivity contribution in [2.75, 3.05) is 25.5 Å². The van der Waals surface area contributed by atoms with Gasteiger partial charge in [0.1, 0.15) is 17.7 Å². The third-order valence-electron chi connectivity index (χ3n) is 10.0. The number of benzene rings is 2. The lowest BCUT2D eigenvalue weighted by Crippen LogP contribution is -2.59. The zero-order chi connectivity index (χ0) is 30.5. The summed E-state index contributed by atoms with van der Waals surface area (Å²) in [6.07, 6.45) is 4.07. The lowest BCUT2D eigenvalue weighted by molar-refractivity contribution is -0.152. The Hall–Kier alpha value is -3.95. The van der Waals surface area contributed by atoms with Crippen molar-refractivity contribution < 1.29 is 18.7 Å². The van der Waals surface area contributed by atoms with Crippen molar-refractivity contribution in [1.82, 2.24) is 14.5 Å². The fourth-order valence-electron chi connectivity index (χ4n) is 7.19. The van der Waals surface area contributed by atoms with Gasteiger partial charge in [-0.3, -0.25) is 14.2 Å². The van der Waals surface area contributed by atoms with Crippen molar-refractivity contribution in [3.63, 3.8) is 0 Å². The fraction of sp³-hybridized carbons (Fsp3) is 0.515. The predicted octanol–water partition coefficient (Wildman–Crippen LogP) is 4.87. The van der Waals surface area contributed by atoms with Crippen LogP contribution in [-0.2, 0) is 22.5 Å². The Morgan fingerprint density at radius 2 is 1.98 bits per heavy atom. The number of hydrogen-bond donors (Lipinski definition) is 1. The summed E-state index contributed by atoms with van der Waals surface area (Å²) in [5, 5.41) is 3.99. The number of aryl methyl sites for hydroxylation is 2. The van der Waals surface area contributed by atoms with Crippen LogP contribution in [0.25, 0.3) is 10.9 Å². The number of esters is 1. The Kier molecular flexibility index (Phi) is 7.64. The molecule has 9 nitrogen and oxygen atoms in total. The summed E-state index contributed by atoms with van der Waals surface area (Å²) in [5.41, 5.74) is 2.05. The third kappa shape index (κ3) is 5.59. The van der Waals surface area contributed by atoms with Crippen LogP contribution in [0.2, 0.25) is 0 Å². The SMILES string of the molecule is COc1ccc(CCn2cnc3cc(NC(=N[C@H]4C[C@H]5C[C@H]([C@H]4C)C5(C)C)N4CC(OC(C)=O)C4)ccc3c2=O)c(F)c1. The van der Waals surface area contributed by atoms with E-state index in [-0.39, 0.29) is 29.5 Å². The molecule has 3 saturated carbocycles. The number of anilines is 1. The summed E-state index contributed by atoms with van der Waals surface area (Å²) >= 11 is 0. The fourth-order valence-corrected chi connectivity index (χ4v) is 7.19. The van der Waals surface area contributed by atoms with Crippen LogP contribution in [0.15, 0.2) is 52.5 Å². The number of methoxy groups -OCH3 is 1. The first-order valence-electron chi connectivity index (χ1n) is 15.1. The summed E-state index contributed by atoms with van der Waals surface area (Å²) in [4.78, 5) is 36.6. The number of hydrogen-bond acceptors (Lipinski definition) is 6. The normalized spacial score (nSPS) is 24.7. The Morgan fingerprint density at radius 3 is 2.65 bits per heavy atom. The zero-order valence-corrected chi connectivity index (χ0v) is 25.5. The molecule has 1 aliphatic heterocycles. The molecule has 2 bridgehead atoms. The number of nitrogens with one attached hydrogen (secondary N) is 1. The first kappa shape index (κ1) is 29.1. The molecule has 4 atom stereocenters. The first-order chi connectivity index (χ1) is 20.5. The quantitative estimate of drug-likeness (QED) is 0.239.